The first-order valence-corrected chi connectivity index (χ1v) is 22.7. The van der Waals surface area contributed by atoms with Crippen molar-refractivity contribution in [1.29, 1.82) is 0 Å². The molecule has 0 fully saturated rings. The molecule has 1 aromatic heterocycles. The first-order chi connectivity index (χ1) is 22.1. The Hall–Kier alpha value is -3.24. The van der Waals surface area contributed by atoms with Crippen molar-refractivity contribution in [3.63, 3.8) is 0 Å². The van der Waals surface area contributed by atoms with Gasteiger partial charge in [-0.1, -0.05) is 65.4 Å². The summed E-state index contributed by atoms with van der Waals surface area (Å²) < 4.78 is 23.8. The number of fused-ring (bicyclic) bond motifs is 3. The number of benzene rings is 2. The van der Waals surface area contributed by atoms with E-state index in [4.69, 9.17) is 23.9 Å². The number of aromatic nitrogens is 2. The van der Waals surface area contributed by atoms with E-state index in [-0.39, 0.29) is 12.2 Å². The van der Waals surface area contributed by atoms with Crippen LogP contribution in [0.3, 0.4) is 0 Å². The van der Waals surface area contributed by atoms with Crippen LogP contribution in [0.2, 0.25) is 32.2 Å². The maximum Gasteiger partial charge on any atom is 0.410 e. The van der Waals surface area contributed by atoms with Crippen molar-refractivity contribution in [2.75, 3.05) is 45.3 Å². The van der Waals surface area contributed by atoms with Crippen molar-refractivity contribution in [1.82, 2.24) is 14.9 Å². The van der Waals surface area contributed by atoms with Crippen molar-refractivity contribution < 1.29 is 23.1 Å². The van der Waals surface area contributed by atoms with Crippen molar-refractivity contribution in [3.8, 4) is 11.1 Å². The number of ether oxygens (including phenoxy) is 3. The number of carbonyl (C=O) groups is 1. The molecule has 1 aliphatic rings. The Morgan fingerprint density at radius 1 is 0.957 bits per heavy atom. The molecule has 0 unspecified atom stereocenters. The lowest BCUT2D eigenvalue weighted by molar-refractivity contribution is 0.0431. The van der Waals surface area contributed by atoms with E-state index in [1.165, 1.54) is 0 Å². The maximum absolute atomic E-state index is 13.1. The summed E-state index contributed by atoms with van der Waals surface area (Å²) in [7, 11) is -2.16. The SMILES string of the molecule is CN(CCC[Si](C)(C)O[Si](C)(C)CSc1ncc(COCCOCCN=[N+]=[N-])cn1)C(=O)OC1c2ccccc2-c2ccccc21. The van der Waals surface area contributed by atoms with Crippen LogP contribution >= 0.6 is 11.8 Å². The van der Waals surface area contributed by atoms with Gasteiger partial charge < -0.3 is 23.2 Å². The minimum absolute atomic E-state index is 0.312. The molecular formula is C32H44N6O5SSi2. The summed E-state index contributed by atoms with van der Waals surface area (Å²) in [5.74, 6) is 0. The summed E-state index contributed by atoms with van der Waals surface area (Å²) in [5, 5.41) is 4.99. The van der Waals surface area contributed by atoms with E-state index in [0.717, 1.165) is 50.8 Å². The molecule has 0 aliphatic heterocycles. The summed E-state index contributed by atoms with van der Waals surface area (Å²) in [5.41, 5.74) is 13.5. The number of nitrogens with zero attached hydrogens (tertiary/aromatic N) is 6. The summed E-state index contributed by atoms with van der Waals surface area (Å²) in [4.78, 5) is 26.5. The van der Waals surface area contributed by atoms with Crippen LogP contribution in [0.4, 0.5) is 4.79 Å². The van der Waals surface area contributed by atoms with E-state index in [0.29, 0.717) is 39.5 Å². The average molecular weight is 681 g/mol. The second-order valence-electron chi connectivity index (χ2n) is 12.4. The Morgan fingerprint density at radius 3 is 2.24 bits per heavy atom. The molecule has 0 N–H and O–H groups in total. The Bertz CT molecular complexity index is 1440. The molecule has 46 heavy (non-hydrogen) atoms. The second kappa shape index (κ2) is 17.1. The van der Waals surface area contributed by atoms with Crippen molar-refractivity contribution in [2.24, 2.45) is 5.11 Å². The van der Waals surface area contributed by atoms with Gasteiger partial charge in [0.05, 0.1) is 26.4 Å². The molecule has 0 radical (unpaired) electrons. The van der Waals surface area contributed by atoms with Gasteiger partial charge in [-0.2, -0.15) is 0 Å². The number of carbonyl (C=O) groups excluding carboxylic acids is 1. The predicted molar refractivity (Wildman–Crippen MR) is 186 cm³/mol. The minimum Gasteiger partial charge on any atom is -0.455 e. The number of thioether (sulfide) groups is 1. The molecule has 0 spiro atoms. The van der Waals surface area contributed by atoms with Crippen LogP contribution in [-0.4, -0.2) is 82.9 Å². The third-order valence-electron chi connectivity index (χ3n) is 7.40. The highest BCUT2D eigenvalue weighted by atomic mass is 32.2. The number of hydrogen-bond acceptors (Lipinski definition) is 9. The molecule has 3 aromatic rings. The minimum atomic E-state index is -1.99. The zero-order valence-corrected chi connectivity index (χ0v) is 30.2. The molecule has 246 valence electrons. The van der Waals surface area contributed by atoms with Gasteiger partial charge in [-0.15, -0.1) is 0 Å². The lowest BCUT2D eigenvalue weighted by Crippen LogP contribution is -2.46. The molecule has 0 saturated heterocycles. The number of amides is 1. The number of azide groups is 1. The fraction of sp³-hybridized carbons (Fsp3) is 0.469. The molecule has 0 saturated carbocycles. The summed E-state index contributed by atoms with van der Waals surface area (Å²) in [6.07, 6.45) is 3.74. The van der Waals surface area contributed by atoms with Crippen LogP contribution in [0.25, 0.3) is 21.6 Å². The van der Waals surface area contributed by atoms with Crippen LogP contribution in [0.5, 0.6) is 0 Å². The van der Waals surface area contributed by atoms with E-state index >= 15 is 0 Å². The molecule has 1 heterocycles. The number of hydrogen-bond donors (Lipinski definition) is 0. The highest BCUT2D eigenvalue weighted by Gasteiger charge is 2.34. The van der Waals surface area contributed by atoms with Crippen molar-refractivity contribution in [3.05, 3.63) is 88.1 Å². The fourth-order valence-corrected chi connectivity index (χ4v) is 15.7. The Balaban J connectivity index is 1.16. The quantitative estimate of drug-likeness (QED) is 0.0255. The molecule has 1 aliphatic carbocycles. The zero-order chi connectivity index (χ0) is 33.0. The van der Waals surface area contributed by atoms with Crippen LogP contribution in [-0.2, 0) is 24.9 Å². The Kier molecular flexibility index (Phi) is 13.2. The summed E-state index contributed by atoms with van der Waals surface area (Å²) in [6.45, 7) is 11.6. The lowest BCUT2D eigenvalue weighted by Gasteiger charge is -2.34. The van der Waals surface area contributed by atoms with Crippen molar-refractivity contribution >= 4 is 34.5 Å². The third kappa shape index (κ3) is 10.7. The van der Waals surface area contributed by atoms with Crippen molar-refractivity contribution in [2.45, 2.75) is 56.5 Å². The average Bonchev–Trinajstić information content (AvgIpc) is 3.34. The van der Waals surface area contributed by atoms with Crippen LogP contribution in [0.1, 0.15) is 29.2 Å². The highest BCUT2D eigenvalue weighted by molar-refractivity contribution is 8.00. The first kappa shape index (κ1) is 35.6. The van der Waals surface area contributed by atoms with E-state index in [2.05, 4.69) is 58.3 Å². The molecule has 11 nitrogen and oxygen atoms in total. The van der Waals surface area contributed by atoms with E-state index in [1.807, 2.05) is 43.4 Å². The molecule has 0 atom stereocenters. The Labute approximate surface area is 277 Å². The summed E-state index contributed by atoms with van der Waals surface area (Å²) in [6, 6.07) is 17.2. The van der Waals surface area contributed by atoms with Crippen LogP contribution < -0.4 is 0 Å². The monoisotopic (exact) mass is 680 g/mol. The second-order valence-corrected chi connectivity index (χ2v) is 22.5. The van der Waals surface area contributed by atoms with Gasteiger partial charge in [0.25, 0.3) is 0 Å². The van der Waals surface area contributed by atoms with Crippen LogP contribution in [0.15, 0.2) is 71.2 Å². The van der Waals surface area contributed by atoms with Gasteiger partial charge in [-0.25, -0.2) is 14.8 Å². The van der Waals surface area contributed by atoms with E-state index < -0.39 is 16.6 Å². The third-order valence-corrected chi connectivity index (χ3v) is 17.2. The zero-order valence-electron chi connectivity index (χ0n) is 27.3. The van der Waals surface area contributed by atoms with Gasteiger partial charge >= 0.3 is 6.09 Å². The van der Waals surface area contributed by atoms with Gasteiger partial charge in [0.2, 0.25) is 0 Å². The molecule has 14 heteroatoms. The molecule has 2 aromatic carbocycles. The van der Waals surface area contributed by atoms with Gasteiger partial charge in [-0.3, -0.25) is 0 Å². The smallest absolute Gasteiger partial charge is 0.410 e. The maximum atomic E-state index is 13.1. The fourth-order valence-electron chi connectivity index (χ4n) is 5.38. The van der Waals surface area contributed by atoms with E-state index in [9.17, 15) is 4.79 Å². The van der Waals surface area contributed by atoms with E-state index in [1.54, 1.807) is 29.1 Å². The van der Waals surface area contributed by atoms with Gasteiger partial charge in [0.15, 0.2) is 27.9 Å². The predicted octanol–water partition coefficient (Wildman–Crippen LogP) is 7.61. The first-order valence-electron chi connectivity index (χ1n) is 15.5. The van der Waals surface area contributed by atoms with Gasteiger partial charge in [-0.05, 0) is 55.3 Å². The van der Waals surface area contributed by atoms with Gasteiger partial charge in [0, 0.05) is 59.5 Å². The molecule has 0 bridgehead atoms. The highest BCUT2D eigenvalue weighted by Crippen LogP contribution is 2.45. The Morgan fingerprint density at radius 2 is 1.59 bits per heavy atom. The largest absolute Gasteiger partial charge is 0.455 e. The number of rotatable bonds is 18. The molecular weight excluding hydrogens is 637 g/mol. The molecule has 4 rings (SSSR count). The standard InChI is InChI=1S/C32H44N6O5SSi2/c1-38(32(39)42-30-28-13-8-6-11-26(28)27-12-7-9-14-29(27)30)16-10-20-45(2,3)43-46(4,5)24-44-31-34-21-25(22-35-31)23-41-19-18-40-17-15-36-37-33/h6-9,11-14,21-22,30H,10,15-20,23-24H2,1-5H3. The molecule has 1 amide bonds. The topological polar surface area (TPSA) is 132 Å². The normalized spacial score (nSPS) is 12.7. The van der Waals surface area contributed by atoms with Gasteiger partial charge in [0.1, 0.15) is 0 Å². The summed E-state index contributed by atoms with van der Waals surface area (Å²) >= 11 is 1.63. The van der Waals surface area contributed by atoms with Crippen LogP contribution in [0, 0.1) is 0 Å². The lowest BCUT2D eigenvalue weighted by atomic mass is 10.1.